The summed E-state index contributed by atoms with van der Waals surface area (Å²) in [6, 6.07) is 18.5. The molecule has 7 rings (SSSR count). The summed E-state index contributed by atoms with van der Waals surface area (Å²) in [5, 5.41) is 0. The van der Waals surface area contributed by atoms with Gasteiger partial charge in [0.15, 0.2) is 5.82 Å². The van der Waals surface area contributed by atoms with Crippen LogP contribution in [0.1, 0.15) is 36.9 Å². The van der Waals surface area contributed by atoms with Crippen molar-refractivity contribution in [3.05, 3.63) is 100 Å². The van der Waals surface area contributed by atoms with Crippen LogP contribution in [0.25, 0.3) is 43.2 Å². The van der Waals surface area contributed by atoms with E-state index in [1.165, 1.54) is 49.4 Å². The SMILES string of the molecule is O=c1[nH]c2cc3nc(-c4ccc(-c5ccncc5)s4)n(CCCN4CCCCC4)c3cc2nc1Cc1ccc(F)cc1. The Hall–Kier alpha value is -4.21. The standard InChI is InChI=1S/C33H31FN6OS/c34-24-7-5-22(6-8-24)19-28-33(41)38-25-20-27-29(21-26(25)36-28)40(18-4-17-39-15-2-1-3-16-39)32(37-27)31-10-9-30(42-31)23-11-13-35-14-12-23/h5-14,20-21H,1-4,15-19H2,(H,38,41). The largest absolute Gasteiger partial charge is 0.323 e. The molecule has 9 heteroatoms. The van der Waals surface area contributed by atoms with E-state index in [-0.39, 0.29) is 11.4 Å². The van der Waals surface area contributed by atoms with Crippen molar-refractivity contribution < 1.29 is 4.39 Å². The van der Waals surface area contributed by atoms with Crippen LogP contribution in [0.3, 0.4) is 0 Å². The number of aryl methyl sites for hydroxylation is 1. The number of rotatable bonds is 8. The molecule has 0 radical (unpaired) electrons. The molecule has 1 fully saturated rings. The van der Waals surface area contributed by atoms with Crippen molar-refractivity contribution in [2.45, 2.75) is 38.6 Å². The maximum Gasteiger partial charge on any atom is 0.270 e. The molecule has 5 heterocycles. The second-order valence-corrected chi connectivity index (χ2v) is 12.0. The van der Waals surface area contributed by atoms with Gasteiger partial charge in [0.25, 0.3) is 5.56 Å². The molecule has 212 valence electrons. The summed E-state index contributed by atoms with van der Waals surface area (Å²) in [5.41, 5.74) is 5.34. The molecule has 0 bridgehead atoms. The lowest BCUT2D eigenvalue weighted by atomic mass is 10.1. The van der Waals surface area contributed by atoms with Crippen LogP contribution in [-0.4, -0.2) is 49.0 Å². The number of benzene rings is 2. The van der Waals surface area contributed by atoms with E-state index in [1.54, 1.807) is 23.5 Å². The number of aromatic nitrogens is 5. The summed E-state index contributed by atoms with van der Waals surface area (Å²) in [6.45, 7) is 4.25. The average molecular weight is 579 g/mol. The average Bonchev–Trinajstić information content (AvgIpc) is 3.64. The number of fused-ring (bicyclic) bond motifs is 2. The molecule has 0 unspecified atom stereocenters. The summed E-state index contributed by atoms with van der Waals surface area (Å²) in [5.74, 6) is 0.627. The normalized spacial score (nSPS) is 14.2. The van der Waals surface area contributed by atoms with E-state index in [9.17, 15) is 9.18 Å². The highest BCUT2D eigenvalue weighted by atomic mass is 32.1. The summed E-state index contributed by atoms with van der Waals surface area (Å²) in [7, 11) is 0. The molecule has 0 aliphatic carbocycles. The number of nitrogens with one attached hydrogen (secondary N) is 1. The fourth-order valence-electron chi connectivity index (χ4n) is 5.84. The summed E-state index contributed by atoms with van der Waals surface area (Å²) >= 11 is 1.72. The van der Waals surface area contributed by atoms with Gasteiger partial charge < -0.3 is 14.5 Å². The van der Waals surface area contributed by atoms with Crippen LogP contribution in [-0.2, 0) is 13.0 Å². The third kappa shape index (κ3) is 5.49. The fourth-order valence-corrected chi connectivity index (χ4v) is 6.85. The Morgan fingerprint density at radius 1 is 0.857 bits per heavy atom. The quantitative estimate of drug-likeness (QED) is 0.218. The molecular formula is C33H31FN6OS. The molecule has 0 atom stereocenters. The number of hydrogen-bond donors (Lipinski definition) is 1. The molecule has 6 aromatic rings. The molecule has 1 aliphatic heterocycles. The van der Waals surface area contributed by atoms with Crippen molar-refractivity contribution >= 4 is 33.4 Å². The Kier molecular flexibility index (Phi) is 7.36. The van der Waals surface area contributed by atoms with Crippen molar-refractivity contribution in [2.24, 2.45) is 0 Å². The van der Waals surface area contributed by atoms with Crippen LogP contribution in [0.5, 0.6) is 0 Å². The highest BCUT2D eigenvalue weighted by Crippen LogP contribution is 2.36. The number of nitrogens with zero attached hydrogens (tertiary/aromatic N) is 5. The zero-order valence-electron chi connectivity index (χ0n) is 23.2. The minimum atomic E-state index is -0.301. The van der Waals surface area contributed by atoms with Gasteiger partial charge in [-0.15, -0.1) is 11.3 Å². The van der Waals surface area contributed by atoms with E-state index in [0.717, 1.165) is 52.4 Å². The Balaban J connectivity index is 1.28. The maximum atomic E-state index is 13.4. The van der Waals surface area contributed by atoms with E-state index in [1.807, 2.05) is 36.7 Å². The van der Waals surface area contributed by atoms with E-state index in [4.69, 9.17) is 9.97 Å². The van der Waals surface area contributed by atoms with Crippen LogP contribution in [0.4, 0.5) is 4.39 Å². The Bertz CT molecular complexity index is 1910. The van der Waals surface area contributed by atoms with Crippen molar-refractivity contribution in [2.75, 3.05) is 19.6 Å². The maximum absolute atomic E-state index is 13.4. The molecule has 2 aromatic carbocycles. The van der Waals surface area contributed by atoms with E-state index >= 15 is 0 Å². The van der Waals surface area contributed by atoms with Gasteiger partial charge in [0.2, 0.25) is 0 Å². The van der Waals surface area contributed by atoms with Gasteiger partial charge in [-0.2, -0.15) is 0 Å². The van der Waals surface area contributed by atoms with Crippen LogP contribution < -0.4 is 5.56 Å². The van der Waals surface area contributed by atoms with Crippen molar-refractivity contribution in [3.8, 4) is 21.1 Å². The monoisotopic (exact) mass is 578 g/mol. The lowest BCUT2D eigenvalue weighted by Gasteiger charge is -2.26. The minimum Gasteiger partial charge on any atom is -0.323 e. The molecular weight excluding hydrogens is 547 g/mol. The van der Waals surface area contributed by atoms with Crippen molar-refractivity contribution in [1.29, 1.82) is 0 Å². The molecule has 4 aromatic heterocycles. The number of likely N-dealkylation sites (tertiary alicyclic amines) is 1. The molecule has 1 saturated heterocycles. The second kappa shape index (κ2) is 11.6. The van der Waals surface area contributed by atoms with Gasteiger partial charge >= 0.3 is 0 Å². The van der Waals surface area contributed by atoms with Gasteiger partial charge in [0.05, 0.1) is 26.9 Å². The third-order valence-corrected chi connectivity index (χ3v) is 9.14. The molecule has 1 N–H and O–H groups in total. The van der Waals surface area contributed by atoms with Crippen LogP contribution in [0.15, 0.2) is 77.9 Å². The minimum absolute atomic E-state index is 0.243. The van der Waals surface area contributed by atoms with E-state index in [0.29, 0.717) is 23.1 Å². The summed E-state index contributed by atoms with van der Waals surface area (Å²) in [6.07, 6.45) is 8.87. The van der Waals surface area contributed by atoms with Crippen LogP contribution >= 0.6 is 11.3 Å². The second-order valence-electron chi connectivity index (χ2n) is 10.9. The molecule has 0 amide bonds. The van der Waals surface area contributed by atoms with Gasteiger partial charge in [-0.1, -0.05) is 18.6 Å². The molecule has 0 spiro atoms. The first-order valence-electron chi connectivity index (χ1n) is 14.5. The first-order valence-corrected chi connectivity index (χ1v) is 15.3. The Labute approximate surface area is 246 Å². The van der Waals surface area contributed by atoms with Gasteiger partial charge in [-0.25, -0.2) is 14.4 Å². The predicted molar refractivity (Wildman–Crippen MR) is 166 cm³/mol. The highest BCUT2D eigenvalue weighted by Gasteiger charge is 2.18. The van der Waals surface area contributed by atoms with Crippen LogP contribution in [0.2, 0.25) is 0 Å². The number of halogens is 1. The van der Waals surface area contributed by atoms with E-state index < -0.39 is 0 Å². The lowest BCUT2D eigenvalue weighted by Crippen LogP contribution is -2.31. The van der Waals surface area contributed by atoms with Gasteiger partial charge in [-0.05, 0) is 98.6 Å². The van der Waals surface area contributed by atoms with Crippen molar-refractivity contribution in [1.82, 2.24) is 29.4 Å². The van der Waals surface area contributed by atoms with E-state index in [2.05, 4.69) is 31.6 Å². The first-order chi connectivity index (χ1) is 20.6. The number of hydrogen-bond acceptors (Lipinski definition) is 6. The topological polar surface area (TPSA) is 79.7 Å². The molecule has 1 aliphatic rings. The summed E-state index contributed by atoms with van der Waals surface area (Å²) in [4.78, 5) is 34.8. The number of H-pyrrole nitrogens is 1. The zero-order chi connectivity index (χ0) is 28.5. The lowest BCUT2D eigenvalue weighted by molar-refractivity contribution is 0.223. The number of aromatic amines is 1. The van der Waals surface area contributed by atoms with Gasteiger partial charge in [0, 0.05) is 30.2 Å². The number of imidazole rings is 1. The zero-order valence-corrected chi connectivity index (χ0v) is 24.0. The molecule has 0 saturated carbocycles. The predicted octanol–water partition coefficient (Wildman–Crippen LogP) is 6.67. The Morgan fingerprint density at radius 3 is 2.45 bits per heavy atom. The molecule has 42 heavy (non-hydrogen) atoms. The first kappa shape index (κ1) is 26.7. The molecule has 7 nitrogen and oxygen atoms in total. The van der Waals surface area contributed by atoms with Crippen LogP contribution in [0, 0.1) is 5.82 Å². The van der Waals surface area contributed by atoms with Crippen molar-refractivity contribution in [3.63, 3.8) is 0 Å². The summed E-state index contributed by atoms with van der Waals surface area (Å²) < 4.78 is 15.7. The fraction of sp³-hybridized carbons (Fsp3) is 0.273. The Morgan fingerprint density at radius 2 is 1.64 bits per heavy atom. The smallest absolute Gasteiger partial charge is 0.270 e. The number of piperidine rings is 1. The third-order valence-electron chi connectivity index (χ3n) is 8.01. The number of thiophene rings is 1. The highest BCUT2D eigenvalue weighted by molar-refractivity contribution is 7.18. The van der Waals surface area contributed by atoms with Gasteiger partial charge in [-0.3, -0.25) is 9.78 Å². The van der Waals surface area contributed by atoms with Gasteiger partial charge in [0.1, 0.15) is 11.5 Å². The number of pyridine rings is 1.